The molecule has 0 aliphatic heterocycles. The summed E-state index contributed by atoms with van der Waals surface area (Å²) >= 11 is 0. The number of rotatable bonds is 8. The number of likely N-dealkylation sites (N-methyl/N-ethyl adjacent to an activating group) is 1. The molecular weight excluding hydrogens is 382 g/mol. The van der Waals surface area contributed by atoms with Gasteiger partial charge in [-0.25, -0.2) is 10.1 Å². The molecule has 0 fully saturated rings. The van der Waals surface area contributed by atoms with Crippen LogP contribution in [0.15, 0.2) is 58.4 Å². The summed E-state index contributed by atoms with van der Waals surface area (Å²) in [5.41, 5.74) is 4.23. The monoisotopic (exact) mass is 407 g/mol. The SMILES string of the molecule is CCCn1nc(C(=O)N/N=C/c2ccc(N(C)CCO)cc2)c2ccccc2c1=O. The number of nitrogens with one attached hydrogen (secondary N) is 1. The Hall–Kier alpha value is -3.52. The zero-order valence-corrected chi connectivity index (χ0v) is 17.1. The fourth-order valence-corrected chi connectivity index (χ4v) is 3.08. The molecule has 1 amide bonds. The first-order valence-corrected chi connectivity index (χ1v) is 9.80. The number of aryl methyl sites for hydroxylation is 1. The summed E-state index contributed by atoms with van der Waals surface area (Å²) in [6, 6.07) is 14.5. The van der Waals surface area contributed by atoms with E-state index in [0.29, 0.717) is 23.9 Å². The number of aliphatic hydroxyl groups is 1. The lowest BCUT2D eigenvalue weighted by Gasteiger charge is -2.17. The van der Waals surface area contributed by atoms with Crippen LogP contribution in [0.1, 0.15) is 29.4 Å². The molecule has 0 saturated carbocycles. The molecule has 3 rings (SSSR count). The minimum atomic E-state index is -0.480. The predicted molar refractivity (Wildman–Crippen MR) is 118 cm³/mol. The van der Waals surface area contributed by atoms with Crippen molar-refractivity contribution in [3.05, 3.63) is 70.1 Å². The van der Waals surface area contributed by atoms with Gasteiger partial charge in [-0.1, -0.05) is 37.3 Å². The van der Waals surface area contributed by atoms with Gasteiger partial charge in [-0.15, -0.1) is 0 Å². The van der Waals surface area contributed by atoms with Crippen LogP contribution in [0.4, 0.5) is 5.69 Å². The van der Waals surface area contributed by atoms with E-state index in [0.717, 1.165) is 17.7 Å². The molecular formula is C22H25N5O3. The average molecular weight is 407 g/mol. The van der Waals surface area contributed by atoms with Crippen LogP contribution in [-0.4, -0.2) is 47.2 Å². The average Bonchev–Trinajstić information content (AvgIpc) is 2.76. The van der Waals surface area contributed by atoms with E-state index in [-0.39, 0.29) is 17.9 Å². The van der Waals surface area contributed by atoms with E-state index in [4.69, 9.17) is 5.11 Å². The summed E-state index contributed by atoms with van der Waals surface area (Å²) in [6.45, 7) is 3.01. The van der Waals surface area contributed by atoms with Crippen molar-refractivity contribution in [3.8, 4) is 0 Å². The van der Waals surface area contributed by atoms with E-state index in [1.807, 2.05) is 43.1 Å². The lowest BCUT2D eigenvalue weighted by molar-refractivity contribution is 0.0949. The number of hydrogen-bond acceptors (Lipinski definition) is 6. The van der Waals surface area contributed by atoms with Crippen molar-refractivity contribution < 1.29 is 9.90 Å². The normalized spacial score (nSPS) is 11.2. The molecule has 0 spiro atoms. The van der Waals surface area contributed by atoms with Crippen LogP contribution in [-0.2, 0) is 6.54 Å². The number of nitrogens with zero attached hydrogens (tertiary/aromatic N) is 4. The van der Waals surface area contributed by atoms with Crippen LogP contribution >= 0.6 is 0 Å². The molecule has 0 aliphatic carbocycles. The van der Waals surface area contributed by atoms with Crippen LogP contribution in [0, 0.1) is 0 Å². The fraction of sp³-hybridized carbons (Fsp3) is 0.273. The topological polar surface area (TPSA) is 99.8 Å². The largest absolute Gasteiger partial charge is 0.395 e. The van der Waals surface area contributed by atoms with Gasteiger partial charge in [0.1, 0.15) is 0 Å². The number of carbonyl (C=O) groups excluding carboxylic acids is 1. The second kappa shape index (κ2) is 9.80. The Kier molecular flexibility index (Phi) is 6.92. The van der Waals surface area contributed by atoms with Gasteiger partial charge in [0.15, 0.2) is 5.69 Å². The Labute approximate surface area is 174 Å². The van der Waals surface area contributed by atoms with Gasteiger partial charge >= 0.3 is 0 Å². The molecule has 8 nitrogen and oxygen atoms in total. The lowest BCUT2D eigenvalue weighted by Crippen LogP contribution is -2.29. The Morgan fingerprint density at radius 2 is 1.90 bits per heavy atom. The highest BCUT2D eigenvalue weighted by molar-refractivity contribution is 6.04. The number of carbonyl (C=O) groups is 1. The maximum atomic E-state index is 12.7. The molecule has 156 valence electrons. The maximum Gasteiger partial charge on any atom is 0.292 e. The zero-order chi connectivity index (χ0) is 21.5. The standard InChI is InChI=1S/C22H25N5O3/c1-3-12-27-22(30)19-7-5-4-6-18(19)20(25-27)21(29)24-23-15-16-8-10-17(11-9-16)26(2)13-14-28/h4-11,15,28H,3,12-14H2,1-2H3,(H,24,29)/b23-15+. The van der Waals surface area contributed by atoms with Crippen molar-refractivity contribution in [2.75, 3.05) is 25.1 Å². The highest BCUT2D eigenvalue weighted by Gasteiger charge is 2.16. The summed E-state index contributed by atoms with van der Waals surface area (Å²) < 4.78 is 1.32. The third-order valence-corrected chi connectivity index (χ3v) is 4.67. The van der Waals surface area contributed by atoms with Crippen LogP contribution < -0.4 is 15.9 Å². The quantitative estimate of drug-likeness (QED) is 0.439. The number of amides is 1. The molecule has 8 heteroatoms. The fourth-order valence-electron chi connectivity index (χ4n) is 3.08. The Morgan fingerprint density at radius 3 is 2.57 bits per heavy atom. The molecule has 30 heavy (non-hydrogen) atoms. The minimum Gasteiger partial charge on any atom is -0.395 e. The molecule has 3 aromatic rings. The zero-order valence-electron chi connectivity index (χ0n) is 17.1. The summed E-state index contributed by atoms with van der Waals surface area (Å²) in [5.74, 6) is -0.480. The van der Waals surface area contributed by atoms with E-state index >= 15 is 0 Å². The van der Waals surface area contributed by atoms with Crippen molar-refractivity contribution in [1.29, 1.82) is 0 Å². The first-order valence-electron chi connectivity index (χ1n) is 9.80. The van der Waals surface area contributed by atoms with Crippen molar-refractivity contribution in [2.45, 2.75) is 19.9 Å². The van der Waals surface area contributed by atoms with Crippen LogP contribution in [0.5, 0.6) is 0 Å². The number of hydrazone groups is 1. The summed E-state index contributed by atoms with van der Waals surface area (Å²) in [5, 5.41) is 18.3. The highest BCUT2D eigenvalue weighted by Crippen LogP contribution is 2.14. The van der Waals surface area contributed by atoms with Gasteiger partial charge < -0.3 is 10.0 Å². The molecule has 2 N–H and O–H groups in total. The molecule has 1 heterocycles. The number of hydrogen-bond donors (Lipinski definition) is 2. The van der Waals surface area contributed by atoms with Crippen LogP contribution in [0.25, 0.3) is 10.8 Å². The van der Waals surface area contributed by atoms with Crippen LogP contribution in [0.3, 0.4) is 0 Å². The third kappa shape index (κ3) is 4.72. The number of benzene rings is 2. The second-order valence-corrected chi connectivity index (χ2v) is 6.86. The second-order valence-electron chi connectivity index (χ2n) is 6.86. The molecule has 2 aromatic carbocycles. The Balaban J connectivity index is 1.78. The van der Waals surface area contributed by atoms with Gasteiger partial charge in [0, 0.05) is 31.2 Å². The molecule has 0 unspecified atom stereocenters. The van der Waals surface area contributed by atoms with Crippen molar-refractivity contribution in [1.82, 2.24) is 15.2 Å². The predicted octanol–water partition coefficient (Wildman–Crippen LogP) is 2.00. The number of anilines is 1. The van der Waals surface area contributed by atoms with Crippen molar-refractivity contribution >= 4 is 28.6 Å². The van der Waals surface area contributed by atoms with Gasteiger partial charge in [0.2, 0.25) is 0 Å². The summed E-state index contributed by atoms with van der Waals surface area (Å²) in [7, 11) is 1.90. The van der Waals surface area contributed by atoms with Crippen molar-refractivity contribution in [3.63, 3.8) is 0 Å². The number of aliphatic hydroxyl groups excluding tert-OH is 1. The van der Waals surface area contributed by atoms with E-state index in [1.165, 1.54) is 10.9 Å². The van der Waals surface area contributed by atoms with Gasteiger partial charge in [0.05, 0.1) is 18.2 Å². The maximum absolute atomic E-state index is 12.7. The van der Waals surface area contributed by atoms with Crippen molar-refractivity contribution in [2.24, 2.45) is 5.10 Å². The molecule has 0 radical (unpaired) electrons. The highest BCUT2D eigenvalue weighted by atomic mass is 16.3. The van der Waals surface area contributed by atoms with Gasteiger partial charge in [0.25, 0.3) is 11.5 Å². The molecule has 0 saturated heterocycles. The summed E-state index contributed by atoms with van der Waals surface area (Å²) in [6.07, 6.45) is 2.27. The van der Waals surface area contributed by atoms with E-state index in [2.05, 4.69) is 15.6 Å². The first-order chi connectivity index (χ1) is 14.5. The van der Waals surface area contributed by atoms with Gasteiger partial charge in [-0.2, -0.15) is 10.2 Å². The molecule has 0 bridgehead atoms. The van der Waals surface area contributed by atoms with Crippen LogP contribution in [0.2, 0.25) is 0 Å². The van der Waals surface area contributed by atoms with E-state index in [1.54, 1.807) is 24.3 Å². The molecule has 0 atom stereocenters. The number of aromatic nitrogens is 2. The van der Waals surface area contributed by atoms with E-state index in [9.17, 15) is 9.59 Å². The lowest BCUT2D eigenvalue weighted by atomic mass is 10.1. The number of fused-ring (bicyclic) bond motifs is 1. The minimum absolute atomic E-state index is 0.0834. The Bertz CT molecular complexity index is 1110. The summed E-state index contributed by atoms with van der Waals surface area (Å²) in [4.78, 5) is 27.2. The van der Waals surface area contributed by atoms with E-state index < -0.39 is 5.91 Å². The molecule has 1 aromatic heterocycles. The third-order valence-electron chi connectivity index (χ3n) is 4.67. The smallest absolute Gasteiger partial charge is 0.292 e. The first kappa shape index (κ1) is 21.2. The molecule has 0 aliphatic rings. The van der Waals surface area contributed by atoms with Gasteiger partial charge in [-0.05, 0) is 30.2 Å². The van der Waals surface area contributed by atoms with Gasteiger partial charge in [-0.3, -0.25) is 9.59 Å². The Morgan fingerprint density at radius 1 is 1.20 bits per heavy atom.